The third-order valence-corrected chi connectivity index (χ3v) is 7.19. The van der Waals surface area contributed by atoms with Gasteiger partial charge in [0.05, 0.1) is 29.0 Å². The zero-order valence-electron chi connectivity index (χ0n) is 20.3. The number of amides is 1. The summed E-state index contributed by atoms with van der Waals surface area (Å²) in [4.78, 5) is 17.4. The summed E-state index contributed by atoms with van der Waals surface area (Å²) in [5, 5.41) is 5.80. The first-order valence-electron chi connectivity index (χ1n) is 11.9. The highest BCUT2D eigenvalue weighted by atomic mass is 35.5. The van der Waals surface area contributed by atoms with E-state index in [1.807, 2.05) is 85.8 Å². The van der Waals surface area contributed by atoms with E-state index in [9.17, 15) is 4.79 Å². The molecular weight excluding hydrogens is 500 g/mol. The Morgan fingerprint density at radius 2 is 1.57 bits per heavy atom. The molecule has 0 saturated carbocycles. The average Bonchev–Trinajstić information content (AvgIpc) is 3.29. The normalized spacial score (nSPS) is 11.6. The number of carbonyl (C=O) groups is 1. The van der Waals surface area contributed by atoms with E-state index in [2.05, 4.69) is 39.4 Å². The van der Waals surface area contributed by atoms with Crippen LogP contribution < -0.4 is 5.43 Å². The summed E-state index contributed by atoms with van der Waals surface area (Å²) in [6, 6.07) is 34.1. The number of nitrogens with one attached hydrogen (secondary N) is 1. The van der Waals surface area contributed by atoms with Gasteiger partial charge in [0, 0.05) is 5.02 Å². The van der Waals surface area contributed by atoms with Crippen LogP contribution >= 0.6 is 23.4 Å². The molecule has 0 unspecified atom stereocenters. The molecule has 5 aromatic rings. The predicted molar refractivity (Wildman–Crippen MR) is 153 cm³/mol. The molecule has 0 fully saturated rings. The van der Waals surface area contributed by atoms with Crippen LogP contribution in [0, 0.1) is 0 Å². The minimum absolute atomic E-state index is 0.185. The van der Waals surface area contributed by atoms with Crippen LogP contribution in [0.3, 0.4) is 0 Å². The minimum Gasteiger partial charge on any atom is -0.314 e. The van der Waals surface area contributed by atoms with Crippen molar-refractivity contribution in [2.24, 2.45) is 5.10 Å². The Hall–Kier alpha value is -3.87. The number of fused-ring (bicyclic) bond motifs is 1. The lowest BCUT2D eigenvalue weighted by Gasteiger charge is -2.09. The molecule has 0 aliphatic rings. The largest absolute Gasteiger partial charge is 0.314 e. The summed E-state index contributed by atoms with van der Waals surface area (Å²) in [5.74, 6) is 0.0172. The highest BCUT2D eigenvalue weighted by Gasteiger charge is 2.13. The number of hydrazone groups is 1. The van der Waals surface area contributed by atoms with Gasteiger partial charge in [-0.2, -0.15) is 5.10 Å². The molecular formula is C30H25ClN4OS. The lowest BCUT2D eigenvalue weighted by atomic mass is 10.0. The minimum atomic E-state index is -0.185. The third kappa shape index (κ3) is 6.10. The highest BCUT2D eigenvalue weighted by Crippen LogP contribution is 2.26. The van der Waals surface area contributed by atoms with E-state index in [4.69, 9.17) is 16.6 Å². The van der Waals surface area contributed by atoms with Gasteiger partial charge in [-0.1, -0.05) is 102 Å². The number of benzene rings is 4. The van der Waals surface area contributed by atoms with Crippen LogP contribution in [0.1, 0.15) is 18.1 Å². The van der Waals surface area contributed by atoms with Crippen molar-refractivity contribution in [2.75, 3.05) is 5.75 Å². The second-order valence-electron chi connectivity index (χ2n) is 8.56. The maximum atomic E-state index is 12.6. The number of aromatic nitrogens is 2. The molecule has 0 radical (unpaired) electrons. The van der Waals surface area contributed by atoms with Crippen molar-refractivity contribution in [1.29, 1.82) is 0 Å². The van der Waals surface area contributed by atoms with Gasteiger partial charge in [-0.25, -0.2) is 10.4 Å². The molecule has 0 spiro atoms. The number of rotatable bonds is 8. The molecule has 4 aromatic carbocycles. The fourth-order valence-corrected chi connectivity index (χ4v) is 4.93. The molecule has 7 heteroatoms. The summed E-state index contributed by atoms with van der Waals surface area (Å²) >= 11 is 7.44. The maximum absolute atomic E-state index is 12.6. The lowest BCUT2D eigenvalue weighted by Crippen LogP contribution is -2.21. The van der Waals surface area contributed by atoms with Gasteiger partial charge in [-0.3, -0.25) is 4.79 Å². The monoisotopic (exact) mass is 524 g/mol. The van der Waals surface area contributed by atoms with Crippen molar-refractivity contribution < 1.29 is 4.79 Å². The number of hydrogen-bond acceptors (Lipinski definition) is 4. The van der Waals surface area contributed by atoms with Gasteiger partial charge in [0.25, 0.3) is 5.91 Å². The van der Waals surface area contributed by atoms with Crippen molar-refractivity contribution in [3.8, 4) is 11.1 Å². The van der Waals surface area contributed by atoms with Crippen LogP contribution in [0.5, 0.6) is 0 Å². The second-order valence-corrected chi connectivity index (χ2v) is 9.94. The van der Waals surface area contributed by atoms with Gasteiger partial charge in [0.2, 0.25) is 0 Å². The Morgan fingerprint density at radius 3 is 2.32 bits per heavy atom. The lowest BCUT2D eigenvalue weighted by molar-refractivity contribution is -0.118. The van der Waals surface area contributed by atoms with E-state index in [-0.39, 0.29) is 11.7 Å². The van der Waals surface area contributed by atoms with Gasteiger partial charge < -0.3 is 4.57 Å². The summed E-state index contributed by atoms with van der Waals surface area (Å²) in [6.45, 7) is 2.52. The van der Waals surface area contributed by atoms with Crippen molar-refractivity contribution in [1.82, 2.24) is 15.0 Å². The molecule has 5 rings (SSSR count). The Morgan fingerprint density at radius 1 is 0.892 bits per heavy atom. The number of imidazole rings is 1. The standard InChI is InChI=1S/C30H25ClN4OS/c1-21(23-13-15-25(16-14-23)24-7-3-2-4-8-24)33-34-29(36)20-37-30-32-27-9-5-6-10-28(27)35(30)19-22-11-17-26(31)18-12-22/h2-18H,19-20H2,1H3,(H,34,36)/b33-21+. The Kier molecular flexibility index (Phi) is 7.68. The van der Waals surface area contributed by atoms with Gasteiger partial charge in [-0.15, -0.1) is 0 Å². The average molecular weight is 525 g/mol. The Balaban J connectivity index is 1.24. The van der Waals surface area contributed by atoms with Crippen molar-refractivity contribution in [3.63, 3.8) is 0 Å². The number of hydrogen-bond donors (Lipinski definition) is 1. The van der Waals surface area contributed by atoms with E-state index in [0.717, 1.165) is 44.2 Å². The molecule has 0 aliphatic heterocycles. The van der Waals surface area contributed by atoms with Crippen LogP contribution in [-0.4, -0.2) is 26.9 Å². The van der Waals surface area contributed by atoms with E-state index in [1.54, 1.807) is 0 Å². The Labute approximate surface area is 225 Å². The van der Waals surface area contributed by atoms with Crippen LogP contribution in [0.4, 0.5) is 0 Å². The Bertz CT molecular complexity index is 1540. The van der Waals surface area contributed by atoms with E-state index >= 15 is 0 Å². The smallest absolute Gasteiger partial charge is 0.250 e. The van der Waals surface area contributed by atoms with Crippen LogP contribution in [0.15, 0.2) is 113 Å². The molecule has 184 valence electrons. The summed E-state index contributed by atoms with van der Waals surface area (Å²) in [6.07, 6.45) is 0. The van der Waals surface area contributed by atoms with Crippen molar-refractivity contribution in [3.05, 3.63) is 119 Å². The summed E-state index contributed by atoms with van der Waals surface area (Å²) < 4.78 is 2.12. The number of carbonyl (C=O) groups excluding carboxylic acids is 1. The summed E-state index contributed by atoms with van der Waals surface area (Å²) in [5.41, 5.74) is 9.71. The fourth-order valence-electron chi connectivity index (χ4n) is 4.00. The van der Waals surface area contributed by atoms with Crippen LogP contribution in [-0.2, 0) is 11.3 Å². The molecule has 1 aromatic heterocycles. The number of halogens is 1. The third-order valence-electron chi connectivity index (χ3n) is 5.96. The molecule has 0 atom stereocenters. The molecule has 1 N–H and O–H groups in total. The molecule has 1 amide bonds. The van der Waals surface area contributed by atoms with Gasteiger partial charge in [0.1, 0.15) is 0 Å². The van der Waals surface area contributed by atoms with Crippen molar-refractivity contribution in [2.45, 2.75) is 18.6 Å². The molecule has 1 heterocycles. The quantitative estimate of drug-likeness (QED) is 0.134. The topological polar surface area (TPSA) is 59.3 Å². The van der Waals surface area contributed by atoms with E-state index < -0.39 is 0 Å². The number of para-hydroxylation sites is 2. The first-order chi connectivity index (χ1) is 18.1. The van der Waals surface area contributed by atoms with Crippen molar-refractivity contribution >= 4 is 46.0 Å². The summed E-state index contributed by atoms with van der Waals surface area (Å²) in [7, 11) is 0. The SMILES string of the molecule is C/C(=N\NC(=O)CSc1nc2ccccc2n1Cc1ccc(Cl)cc1)c1ccc(-c2ccccc2)cc1. The molecule has 0 saturated heterocycles. The predicted octanol–water partition coefficient (Wildman–Crippen LogP) is 7.04. The fraction of sp³-hybridized carbons (Fsp3) is 0.100. The van der Waals surface area contributed by atoms with Gasteiger partial charge >= 0.3 is 0 Å². The zero-order valence-corrected chi connectivity index (χ0v) is 21.8. The van der Waals surface area contributed by atoms with E-state index in [0.29, 0.717) is 11.6 Å². The van der Waals surface area contributed by atoms with Crippen LogP contribution in [0.25, 0.3) is 22.2 Å². The number of thioether (sulfide) groups is 1. The first-order valence-corrected chi connectivity index (χ1v) is 13.2. The molecule has 0 bridgehead atoms. The maximum Gasteiger partial charge on any atom is 0.250 e. The number of nitrogens with zero attached hydrogens (tertiary/aromatic N) is 3. The molecule has 37 heavy (non-hydrogen) atoms. The van der Waals surface area contributed by atoms with Crippen LogP contribution in [0.2, 0.25) is 5.02 Å². The highest BCUT2D eigenvalue weighted by molar-refractivity contribution is 7.99. The molecule has 0 aliphatic carbocycles. The van der Waals surface area contributed by atoms with Gasteiger partial charge in [-0.05, 0) is 53.4 Å². The molecule has 5 nitrogen and oxygen atoms in total. The first kappa shape index (κ1) is 24.8. The zero-order chi connectivity index (χ0) is 25.6. The van der Waals surface area contributed by atoms with Gasteiger partial charge in [0.15, 0.2) is 5.16 Å². The second kappa shape index (κ2) is 11.5. The van der Waals surface area contributed by atoms with E-state index in [1.165, 1.54) is 11.8 Å².